The monoisotopic (exact) mass is 237 g/mol. The first-order valence-corrected chi connectivity index (χ1v) is 6.05. The molecule has 0 fully saturated rings. The van der Waals surface area contributed by atoms with E-state index in [0.717, 1.165) is 23.4 Å². The molecule has 0 spiro atoms. The van der Waals surface area contributed by atoms with E-state index in [1.54, 1.807) is 0 Å². The third kappa shape index (κ3) is 2.07. The number of nitrogens with one attached hydrogen (secondary N) is 2. The van der Waals surface area contributed by atoms with Crippen LogP contribution in [-0.2, 0) is 6.54 Å². The molecule has 0 bridgehead atoms. The molecule has 3 nitrogen and oxygen atoms in total. The third-order valence-corrected chi connectivity index (χ3v) is 3.00. The van der Waals surface area contributed by atoms with Crippen LogP contribution in [0.25, 0.3) is 10.9 Å². The maximum Gasteiger partial charge on any atom is 0.0936 e. The molecule has 2 aromatic heterocycles. The highest BCUT2D eigenvalue weighted by Gasteiger charge is 2.02. The van der Waals surface area contributed by atoms with Gasteiger partial charge in [0.25, 0.3) is 0 Å². The topological polar surface area (TPSA) is 40.7 Å². The molecule has 3 aromatic rings. The predicted molar refractivity (Wildman–Crippen MR) is 74.6 cm³/mol. The lowest BCUT2D eigenvalue weighted by molar-refractivity contribution is 1.15. The second kappa shape index (κ2) is 4.53. The Kier molecular flexibility index (Phi) is 2.73. The number of hydrogen-bond donors (Lipinski definition) is 2. The minimum absolute atomic E-state index is 0.804. The summed E-state index contributed by atoms with van der Waals surface area (Å²) in [5.74, 6) is 0. The van der Waals surface area contributed by atoms with Crippen molar-refractivity contribution in [2.24, 2.45) is 0 Å². The van der Waals surface area contributed by atoms with Crippen molar-refractivity contribution < 1.29 is 0 Å². The molecule has 3 heteroatoms. The lowest BCUT2D eigenvalue weighted by atomic mass is 10.1. The number of pyridine rings is 1. The molecule has 0 saturated carbocycles. The number of nitrogens with zero attached hydrogens (tertiary/aromatic N) is 1. The molecule has 0 aliphatic heterocycles. The van der Waals surface area contributed by atoms with Crippen LogP contribution < -0.4 is 5.32 Å². The van der Waals surface area contributed by atoms with Crippen molar-refractivity contribution in [3.63, 3.8) is 0 Å². The molecule has 0 radical (unpaired) electrons. The second-order valence-electron chi connectivity index (χ2n) is 4.40. The Morgan fingerprint density at radius 3 is 2.94 bits per heavy atom. The van der Waals surface area contributed by atoms with Gasteiger partial charge >= 0.3 is 0 Å². The van der Waals surface area contributed by atoms with Gasteiger partial charge in [-0.05, 0) is 30.7 Å². The number of hydrogen-bond acceptors (Lipinski definition) is 2. The van der Waals surface area contributed by atoms with Crippen molar-refractivity contribution in [2.45, 2.75) is 13.5 Å². The smallest absolute Gasteiger partial charge is 0.0936 e. The van der Waals surface area contributed by atoms with E-state index in [9.17, 15) is 0 Å². The number of fused-ring (bicyclic) bond motifs is 1. The Balaban J connectivity index is 1.93. The average Bonchev–Trinajstić information content (AvgIpc) is 2.89. The van der Waals surface area contributed by atoms with Crippen molar-refractivity contribution >= 4 is 16.6 Å². The van der Waals surface area contributed by atoms with Crippen molar-refractivity contribution in [1.29, 1.82) is 0 Å². The summed E-state index contributed by atoms with van der Waals surface area (Å²) >= 11 is 0. The minimum Gasteiger partial charge on any atom is -0.379 e. The number of aromatic amines is 1. The lowest BCUT2D eigenvalue weighted by Gasteiger charge is -2.08. The molecule has 2 N–H and O–H groups in total. The zero-order valence-corrected chi connectivity index (χ0v) is 10.3. The lowest BCUT2D eigenvalue weighted by Crippen LogP contribution is -1.99. The second-order valence-corrected chi connectivity index (χ2v) is 4.40. The molecule has 0 amide bonds. The molecule has 0 aliphatic rings. The number of aromatic nitrogens is 2. The molecule has 18 heavy (non-hydrogen) atoms. The Morgan fingerprint density at radius 1 is 1.17 bits per heavy atom. The van der Waals surface area contributed by atoms with Gasteiger partial charge < -0.3 is 10.3 Å². The summed E-state index contributed by atoms with van der Waals surface area (Å²) in [6.45, 7) is 2.82. The Morgan fingerprint density at radius 2 is 2.11 bits per heavy atom. The van der Waals surface area contributed by atoms with Crippen LogP contribution in [0.1, 0.15) is 11.3 Å². The van der Waals surface area contributed by atoms with Gasteiger partial charge in [0, 0.05) is 30.0 Å². The molecule has 0 aliphatic carbocycles. The quantitative estimate of drug-likeness (QED) is 0.732. The van der Waals surface area contributed by atoms with Gasteiger partial charge in [-0.25, -0.2) is 0 Å². The van der Waals surface area contributed by atoms with E-state index in [2.05, 4.69) is 45.6 Å². The summed E-state index contributed by atoms with van der Waals surface area (Å²) in [4.78, 5) is 7.66. The maximum atomic E-state index is 4.61. The van der Waals surface area contributed by atoms with Gasteiger partial charge in [-0.2, -0.15) is 0 Å². The van der Waals surface area contributed by atoms with Crippen LogP contribution in [0.2, 0.25) is 0 Å². The number of rotatable bonds is 3. The standard InChI is InChI=1S/C15H15N3/c1-11-5-6-13-3-2-4-14(15(13)18-11)17-10-12-7-8-16-9-12/h2-9,16-17H,10H2,1H3. The van der Waals surface area contributed by atoms with E-state index in [-0.39, 0.29) is 0 Å². The third-order valence-electron chi connectivity index (χ3n) is 3.00. The number of aryl methyl sites for hydroxylation is 1. The highest BCUT2D eigenvalue weighted by atomic mass is 14.9. The van der Waals surface area contributed by atoms with Gasteiger partial charge in [0.05, 0.1) is 11.2 Å². The number of H-pyrrole nitrogens is 1. The van der Waals surface area contributed by atoms with Crippen LogP contribution >= 0.6 is 0 Å². The summed E-state index contributed by atoms with van der Waals surface area (Å²) in [7, 11) is 0. The van der Waals surface area contributed by atoms with Crippen LogP contribution in [0, 0.1) is 6.92 Å². The van der Waals surface area contributed by atoms with Gasteiger partial charge in [-0.1, -0.05) is 18.2 Å². The zero-order valence-electron chi connectivity index (χ0n) is 10.3. The highest BCUT2D eigenvalue weighted by molar-refractivity contribution is 5.90. The molecule has 2 heterocycles. The first kappa shape index (κ1) is 10.8. The molecule has 90 valence electrons. The Bertz CT molecular complexity index is 657. The number of para-hydroxylation sites is 1. The van der Waals surface area contributed by atoms with Gasteiger partial charge in [0.1, 0.15) is 0 Å². The zero-order chi connectivity index (χ0) is 12.4. The molecule has 1 aromatic carbocycles. The van der Waals surface area contributed by atoms with Gasteiger partial charge in [-0.3, -0.25) is 4.98 Å². The normalized spacial score (nSPS) is 10.7. The molecule has 0 atom stereocenters. The summed E-state index contributed by atoms with van der Waals surface area (Å²) in [5, 5.41) is 4.60. The average molecular weight is 237 g/mol. The van der Waals surface area contributed by atoms with Crippen molar-refractivity contribution in [3.05, 3.63) is 60.0 Å². The van der Waals surface area contributed by atoms with E-state index >= 15 is 0 Å². The largest absolute Gasteiger partial charge is 0.379 e. The SMILES string of the molecule is Cc1ccc2cccc(NCc3cc[nH]c3)c2n1. The highest BCUT2D eigenvalue weighted by Crippen LogP contribution is 2.22. The van der Waals surface area contributed by atoms with Crippen molar-refractivity contribution in [3.8, 4) is 0 Å². The number of benzene rings is 1. The van der Waals surface area contributed by atoms with Crippen LogP contribution in [-0.4, -0.2) is 9.97 Å². The fourth-order valence-corrected chi connectivity index (χ4v) is 2.05. The fourth-order valence-electron chi connectivity index (χ4n) is 2.05. The summed E-state index contributed by atoms with van der Waals surface area (Å²) in [6.07, 6.45) is 3.93. The van der Waals surface area contributed by atoms with Gasteiger partial charge in [0.2, 0.25) is 0 Å². The summed E-state index contributed by atoms with van der Waals surface area (Å²) in [6, 6.07) is 12.4. The minimum atomic E-state index is 0.804. The Labute approximate surface area is 106 Å². The molecular weight excluding hydrogens is 222 g/mol. The van der Waals surface area contributed by atoms with E-state index < -0.39 is 0 Å². The maximum absolute atomic E-state index is 4.61. The predicted octanol–water partition coefficient (Wildman–Crippen LogP) is 3.48. The van der Waals surface area contributed by atoms with Crippen LogP contribution in [0.5, 0.6) is 0 Å². The van der Waals surface area contributed by atoms with Crippen molar-refractivity contribution in [2.75, 3.05) is 5.32 Å². The van der Waals surface area contributed by atoms with Crippen LogP contribution in [0.3, 0.4) is 0 Å². The van der Waals surface area contributed by atoms with E-state index in [4.69, 9.17) is 0 Å². The Hall–Kier alpha value is -2.29. The van der Waals surface area contributed by atoms with Gasteiger partial charge in [-0.15, -0.1) is 0 Å². The van der Waals surface area contributed by atoms with Crippen molar-refractivity contribution in [1.82, 2.24) is 9.97 Å². The van der Waals surface area contributed by atoms with Gasteiger partial charge in [0.15, 0.2) is 0 Å². The first-order valence-electron chi connectivity index (χ1n) is 6.05. The van der Waals surface area contributed by atoms with E-state index in [0.29, 0.717) is 0 Å². The summed E-state index contributed by atoms with van der Waals surface area (Å²) < 4.78 is 0. The molecular formula is C15H15N3. The summed E-state index contributed by atoms with van der Waals surface area (Å²) in [5.41, 5.74) is 4.39. The molecule has 3 rings (SSSR count). The fraction of sp³-hybridized carbons (Fsp3) is 0.133. The van der Waals surface area contributed by atoms with Crippen LogP contribution in [0.15, 0.2) is 48.8 Å². The van der Waals surface area contributed by atoms with Crippen LogP contribution in [0.4, 0.5) is 5.69 Å². The molecule has 0 saturated heterocycles. The van der Waals surface area contributed by atoms with E-state index in [1.807, 2.05) is 25.4 Å². The first-order chi connectivity index (χ1) is 8.83. The molecule has 0 unspecified atom stereocenters. The number of anilines is 1. The van der Waals surface area contributed by atoms with E-state index in [1.165, 1.54) is 10.9 Å².